The van der Waals surface area contributed by atoms with Gasteiger partial charge in [0.05, 0.1) is 0 Å². The third kappa shape index (κ3) is 4.31. The zero-order valence-corrected chi connectivity index (χ0v) is 13.5. The molecule has 1 amide bonds. The summed E-state index contributed by atoms with van der Waals surface area (Å²) in [6.45, 7) is 9.17. The van der Waals surface area contributed by atoms with Crippen LogP contribution in [0.2, 0.25) is 0 Å². The molecule has 0 unspecified atom stereocenters. The summed E-state index contributed by atoms with van der Waals surface area (Å²) in [5.41, 5.74) is 1.44. The second-order valence-corrected chi connectivity index (χ2v) is 6.19. The summed E-state index contributed by atoms with van der Waals surface area (Å²) in [5.74, 6) is 0.832. The van der Waals surface area contributed by atoms with Crippen LogP contribution >= 0.6 is 0 Å². The fourth-order valence-corrected chi connectivity index (χ4v) is 1.86. The number of nitrogens with zero attached hydrogens (tertiary/aromatic N) is 2. The number of benzene rings is 1. The molecule has 22 heavy (non-hydrogen) atoms. The molecule has 0 saturated carbocycles. The van der Waals surface area contributed by atoms with Gasteiger partial charge in [0, 0.05) is 5.56 Å². The molecule has 0 spiro atoms. The van der Waals surface area contributed by atoms with Gasteiger partial charge >= 0.3 is 6.09 Å². The van der Waals surface area contributed by atoms with E-state index in [0.717, 1.165) is 11.1 Å². The molecule has 1 aromatic heterocycles. The molecule has 0 aliphatic carbocycles. The van der Waals surface area contributed by atoms with Crippen molar-refractivity contribution < 1.29 is 14.1 Å². The lowest BCUT2D eigenvalue weighted by Gasteiger charge is -2.20. The quantitative estimate of drug-likeness (QED) is 0.936. The second kappa shape index (κ2) is 6.17. The highest BCUT2D eigenvalue weighted by atomic mass is 16.6. The Morgan fingerprint density at radius 2 is 2.09 bits per heavy atom. The zero-order valence-electron chi connectivity index (χ0n) is 13.5. The summed E-state index contributed by atoms with van der Waals surface area (Å²) < 4.78 is 10.4. The van der Waals surface area contributed by atoms with Crippen molar-refractivity contribution in [3.05, 3.63) is 35.7 Å². The molecule has 2 rings (SSSR count). The molecule has 0 bridgehead atoms. The minimum absolute atomic E-state index is 0.336. The van der Waals surface area contributed by atoms with Crippen molar-refractivity contribution >= 4 is 6.09 Å². The Kier molecular flexibility index (Phi) is 4.49. The molecular weight excluding hydrogens is 282 g/mol. The monoisotopic (exact) mass is 303 g/mol. The van der Waals surface area contributed by atoms with Crippen LogP contribution in [0.3, 0.4) is 0 Å². The van der Waals surface area contributed by atoms with Gasteiger partial charge in [-0.1, -0.05) is 28.9 Å². The maximum Gasteiger partial charge on any atom is 0.408 e. The maximum absolute atomic E-state index is 11.7. The van der Waals surface area contributed by atoms with Crippen LogP contribution in [0, 0.1) is 6.92 Å². The first kappa shape index (κ1) is 16.0. The molecule has 0 aliphatic heterocycles. The predicted octanol–water partition coefficient (Wildman–Crippen LogP) is 3.63. The molecule has 0 fully saturated rings. The predicted molar refractivity (Wildman–Crippen MR) is 82.3 cm³/mol. The lowest BCUT2D eigenvalue weighted by atomic mass is 10.1. The van der Waals surface area contributed by atoms with E-state index < -0.39 is 17.7 Å². The second-order valence-electron chi connectivity index (χ2n) is 6.19. The van der Waals surface area contributed by atoms with Gasteiger partial charge in [0.1, 0.15) is 11.6 Å². The lowest BCUT2D eigenvalue weighted by Crippen LogP contribution is -2.34. The number of carbonyl (C=O) groups is 1. The number of alkyl carbamates (subject to hydrolysis) is 1. The number of hydrogen-bond donors (Lipinski definition) is 1. The van der Waals surface area contributed by atoms with Crippen molar-refractivity contribution in [1.29, 1.82) is 0 Å². The molecule has 1 N–H and O–H groups in total. The van der Waals surface area contributed by atoms with Gasteiger partial charge in [0.2, 0.25) is 11.7 Å². The van der Waals surface area contributed by atoms with Gasteiger partial charge < -0.3 is 14.6 Å². The van der Waals surface area contributed by atoms with Gasteiger partial charge in [-0.3, -0.25) is 0 Å². The number of rotatable bonds is 3. The van der Waals surface area contributed by atoms with Crippen LogP contribution in [0.4, 0.5) is 4.79 Å². The highest BCUT2D eigenvalue weighted by Crippen LogP contribution is 2.19. The summed E-state index contributed by atoms with van der Waals surface area (Å²) in [4.78, 5) is 16.1. The van der Waals surface area contributed by atoms with Gasteiger partial charge in [-0.15, -0.1) is 0 Å². The summed E-state index contributed by atoms with van der Waals surface area (Å²) in [6, 6.07) is 7.38. The molecular formula is C16H21N3O3. The minimum Gasteiger partial charge on any atom is -0.444 e. The third-order valence-electron chi connectivity index (χ3n) is 2.82. The number of ether oxygens (including phenoxy) is 1. The Hall–Kier alpha value is -2.37. The Morgan fingerprint density at radius 1 is 1.36 bits per heavy atom. The van der Waals surface area contributed by atoms with Crippen LogP contribution in [-0.4, -0.2) is 21.8 Å². The fraction of sp³-hybridized carbons (Fsp3) is 0.438. The van der Waals surface area contributed by atoms with Crippen molar-refractivity contribution in [2.45, 2.75) is 46.3 Å². The van der Waals surface area contributed by atoms with Crippen LogP contribution in [0.15, 0.2) is 28.8 Å². The Bertz CT molecular complexity index is 659. The largest absolute Gasteiger partial charge is 0.444 e. The van der Waals surface area contributed by atoms with Gasteiger partial charge in [-0.05, 0) is 40.7 Å². The Labute approximate surface area is 129 Å². The van der Waals surface area contributed by atoms with Crippen molar-refractivity contribution in [2.75, 3.05) is 0 Å². The van der Waals surface area contributed by atoms with Crippen LogP contribution < -0.4 is 5.32 Å². The van der Waals surface area contributed by atoms with E-state index in [-0.39, 0.29) is 0 Å². The third-order valence-corrected chi connectivity index (χ3v) is 2.82. The number of amides is 1. The van der Waals surface area contributed by atoms with Crippen molar-refractivity contribution in [2.24, 2.45) is 0 Å². The number of aryl methyl sites for hydroxylation is 1. The zero-order chi connectivity index (χ0) is 16.3. The summed E-state index contributed by atoms with van der Waals surface area (Å²) in [7, 11) is 0. The first-order chi connectivity index (χ1) is 10.2. The summed E-state index contributed by atoms with van der Waals surface area (Å²) in [5, 5.41) is 6.62. The van der Waals surface area contributed by atoms with E-state index in [0.29, 0.717) is 11.7 Å². The van der Waals surface area contributed by atoms with Crippen LogP contribution in [0.25, 0.3) is 11.4 Å². The molecule has 1 atom stereocenters. The first-order valence-corrected chi connectivity index (χ1v) is 7.15. The molecule has 6 heteroatoms. The minimum atomic E-state index is -0.550. The van der Waals surface area contributed by atoms with Crippen molar-refractivity contribution in [3.8, 4) is 11.4 Å². The van der Waals surface area contributed by atoms with E-state index in [4.69, 9.17) is 9.26 Å². The smallest absolute Gasteiger partial charge is 0.408 e. The van der Waals surface area contributed by atoms with Crippen LogP contribution in [0.5, 0.6) is 0 Å². The maximum atomic E-state index is 11.7. The molecule has 2 aromatic rings. The molecule has 0 saturated heterocycles. The molecule has 0 radical (unpaired) electrons. The van der Waals surface area contributed by atoms with Gasteiger partial charge in [-0.25, -0.2) is 4.79 Å². The average molecular weight is 303 g/mol. The first-order valence-electron chi connectivity index (χ1n) is 7.15. The van der Waals surface area contributed by atoms with E-state index in [1.807, 2.05) is 31.2 Å². The van der Waals surface area contributed by atoms with E-state index in [1.54, 1.807) is 27.7 Å². The summed E-state index contributed by atoms with van der Waals surface area (Å²) in [6.07, 6.45) is -0.518. The molecule has 1 heterocycles. The average Bonchev–Trinajstić information content (AvgIpc) is 2.85. The van der Waals surface area contributed by atoms with Crippen molar-refractivity contribution in [3.63, 3.8) is 0 Å². The number of aromatic nitrogens is 2. The summed E-state index contributed by atoms with van der Waals surface area (Å²) >= 11 is 0. The van der Waals surface area contributed by atoms with Gasteiger partial charge in [0.15, 0.2) is 0 Å². The standard InChI is InChI=1S/C16H21N3O3/c1-10-7-6-8-12(9-10)13-18-14(22-19-13)11(2)17-15(20)21-16(3,4)5/h6-9,11H,1-5H3,(H,17,20)/t11-/m1/s1. The number of hydrogen-bond acceptors (Lipinski definition) is 5. The highest BCUT2D eigenvalue weighted by Gasteiger charge is 2.21. The molecule has 118 valence electrons. The highest BCUT2D eigenvalue weighted by molar-refractivity contribution is 5.68. The van der Waals surface area contributed by atoms with Crippen LogP contribution in [-0.2, 0) is 4.74 Å². The Morgan fingerprint density at radius 3 is 2.73 bits per heavy atom. The van der Waals surface area contributed by atoms with E-state index in [9.17, 15) is 4.79 Å². The van der Waals surface area contributed by atoms with E-state index in [1.165, 1.54) is 0 Å². The molecule has 0 aliphatic rings. The van der Waals surface area contributed by atoms with E-state index in [2.05, 4.69) is 15.5 Å². The van der Waals surface area contributed by atoms with E-state index >= 15 is 0 Å². The van der Waals surface area contributed by atoms with Gasteiger partial charge in [-0.2, -0.15) is 4.98 Å². The molecule has 1 aromatic carbocycles. The lowest BCUT2D eigenvalue weighted by molar-refractivity contribution is 0.0499. The molecule has 6 nitrogen and oxygen atoms in total. The topological polar surface area (TPSA) is 77.2 Å². The fourth-order valence-electron chi connectivity index (χ4n) is 1.86. The van der Waals surface area contributed by atoms with Crippen molar-refractivity contribution in [1.82, 2.24) is 15.5 Å². The van der Waals surface area contributed by atoms with Crippen LogP contribution in [0.1, 0.15) is 45.2 Å². The number of nitrogens with one attached hydrogen (secondary N) is 1. The Balaban J connectivity index is 2.06. The van der Waals surface area contributed by atoms with Gasteiger partial charge in [0.25, 0.3) is 0 Å². The number of carbonyl (C=O) groups excluding carboxylic acids is 1. The normalized spacial score (nSPS) is 12.8. The SMILES string of the molecule is Cc1cccc(-c2noc([C@@H](C)NC(=O)OC(C)(C)C)n2)c1.